The van der Waals surface area contributed by atoms with Crippen LogP contribution in [0.3, 0.4) is 0 Å². The Bertz CT molecular complexity index is 581. The predicted molar refractivity (Wildman–Crippen MR) is 88.1 cm³/mol. The van der Waals surface area contributed by atoms with E-state index in [1.165, 1.54) is 5.56 Å². The van der Waals surface area contributed by atoms with Crippen molar-refractivity contribution < 1.29 is 4.79 Å². The van der Waals surface area contributed by atoms with E-state index >= 15 is 0 Å². The van der Waals surface area contributed by atoms with Gasteiger partial charge in [-0.1, -0.05) is 60.7 Å². The molecule has 1 aliphatic carbocycles. The quantitative estimate of drug-likeness (QED) is 0.875. The molecule has 2 aromatic carbocycles. The number of carbonyl (C=O) groups is 1. The highest BCUT2D eigenvalue weighted by atomic mass is 32.2. The van der Waals surface area contributed by atoms with E-state index in [9.17, 15) is 4.79 Å². The molecule has 0 aromatic heterocycles. The maximum Gasteiger partial charge on any atom is 0.237 e. The summed E-state index contributed by atoms with van der Waals surface area (Å²) in [5, 5.41) is 3.00. The van der Waals surface area contributed by atoms with Crippen LogP contribution in [0, 0.1) is 0 Å². The van der Waals surface area contributed by atoms with Gasteiger partial charge in [0, 0.05) is 11.8 Å². The number of hydrogen-bond acceptors (Lipinski definition) is 2. The first-order valence-corrected chi connectivity index (χ1v) is 8.38. The van der Waals surface area contributed by atoms with Gasteiger partial charge in [-0.2, -0.15) is 0 Å². The van der Waals surface area contributed by atoms with Crippen LogP contribution in [0.4, 0.5) is 0 Å². The summed E-state index contributed by atoms with van der Waals surface area (Å²) in [7, 11) is 0. The van der Waals surface area contributed by atoms with E-state index in [2.05, 4.69) is 17.4 Å². The van der Waals surface area contributed by atoms with Crippen molar-refractivity contribution in [3.63, 3.8) is 0 Å². The third-order valence-electron chi connectivity index (χ3n) is 3.52. The Morgan fingerprint density at radius 1 is 1.05 bits per heavy atom. The minimum absolute atomic E-state index is 0.132. The van der Waals surface area contributed by atoms with Gasteiger partial charge in [-0.05, 0) is 24.0 Å². The maximum absolute atomic E-state index is 12.5. The van der Waals surface area contributed by atoms with E-state index in [-0.39, 0.29) is 11.2 Å². The van der Waals surface area contributed by atoms with Crippen LogP contribution in [0.2, 0.25) is 0 Å². The molecule has 0 radical (unpaired) electrons. The van der Waals surface area contributed by atoms with Gasteiger partial charge >= 0.3 is 0 Å². The standard InChI is InChI=1S/C18H19NOS/c20-18(19-16-11-12-16)17(15-9-5-2-6-10-15)21-13-14-7-3-1-4-8-14/h1-10,16-17H,11-13H2,(H,19,20). The average Bonchev–Trinajstić information content (AvgIpc) is 3.33. The number of benzene rings is 2. The van der Waals surface area contributed by atoms with Gasteiger partial charge in [-0.25, -0.2) is 0 Å². The lowest BCUT2D eigenvalue weighted by Gasteiger charge is -2.17. The number of thioether (sulfide) groups is 1. The van der Waals surface area contributed by atoms with Crippen LogP contribution >= 0.6 is 11.8 Å². The van der Waals surface area contributed by atoms with Crippen LogP contribution in [0.1, 0.15) is 29.2 Å². The summed E-state index contributed by atoms with van der Waals surface area (Å²) in [6, 6.07) is 20.8. The van der Waals surface area contributed by atoms with Crippen molar-refractivity contribution in [1.29, 1.82) is 0 Å². The van der Waals surface area contributed by atoms with Gasteiger partial charge in [-0.3, -0.25) is 4.79 Å². The number of hydrogen-bond donors (Lipinski definition) is 1. The van der Waals surface area contributed by atoms with Gasteiger partial charge in [0.1, 0.15) is 5.25 Å². The van der Waals surface area contributed by atoms with Crippen molar-refractivity contribution in [2.24, 2.45) is 0 Å². The Balaban J connectivity index is 1.70. The molecule has 1 atom stereocenters. The molecule has 0 saturated heterocycles. The Kier molecular flexibility index (Phi) is 4.61. The van der Waals surface area contributed by atoms with Gasteiger partial charge in [0.15, 0.2) is 0 Å². The van der Waals surface area contributed by atoms with Crippen LogP contribution in [-0.4, -0.2) is 11.9 Å². The van der Waals surface area contributed by atoms with Crippen molar-refractivity contribution >= 4 is 17.7 Å². The Labute approximate surface area is 130 Å². The minimum atomic E-state index is -0.132. The molecule has 108 valence electrons. The maximum atomic E-state index is 12.5. The van der Waals surface area contributed by atoms with E-state index in [0.717, 1.165) is 24.2 Å². The molecule has 1 amide bonds. The highest BCUT2D eigenvalue weighted by Gasteiger charge is 2.28. The Morgan fingerprint density at radius 2 is 1.67 bits per heavy atom. The zero-order chi connectivity index (χ0) is 14.5. The molecule has 0 bridgehead atoms. The monoisotopic (exact) mass is 297 g/mol. The van der Waals surface area contributed by atoms with E-state index in [0.29, 0.717) is 6.04 Å². The summed E-state index contributed by atoms with van der Waals surface area (Å²) in [6.45, 7) is 0. The first-order valence-electron chi connectivity index (χ1n) is 7.34. The van der Waals surface area contributed by atoms with Gasteiger partial charge < -0.3 is 5.32 Å². The molecular formula is C18H19NOS. The first-order chi connectivity index (χ1) is 10.3. The molecule has 0 spiro atoms. The summed E-state index contributed by atoms with van der Waals surface area (Å²) >= 11 is 1.69. The van der Waals surface area contributed by atoms with E-state index in [4.69, 9.17) is 0 Å². The molecule has 21 heavy (non-hydrogen) atoms. The lowest BCUT2D eigenvalue weighted by molar-refractivity contribution is -0.120. The number of carbonyl (C=O) groups excluding carboxylic acids is 1. The van der Waals surface area contributed by atoms with Crippen molar-refractivity contribution in [1.82, 2.24) is 5.32 Å². The minimum Gasteiger partial charge on any atom is -0.352 e. The summed E-state index contributed by atoms with van der Waals surface area (Å²) in [6.07, 6.45) is 2.24. The summed E-state index contributed by atoms with van der Waals surface area (Å²) in [4.78, 5) is 12.5. The van der Waals surface area contributed by atoms with Gasteiger partial charge in [0.25, 0.3) is 0 Å². The van der Waals surface area contributed by atoms with Crippen LogP contribution in [0.5, 0.6) is 0 Å². The molecule has 0 heterocycles. The molecule has 2 nitrogen and oxygen atoms in total. The molecule has 2 aromatic rings. The van der Waals surface area contributed by atoms with E-state index in [1.807, 2.05) is 48.5 Å². The molecule has 1 aliphatic rings. The Hall–Kier alpha value is -1.74. The normalized spacial score (nSPS) is 15.4. The van der Waals surface area contributed by atoms with E-state index < -0.39 is 0 Å². The van der Waals surface area contributed by atoms with Crippen molar-refractivity contribution in [2.45, 2.75) is 29.9 Å². The van der Waals surface area contributed by atoms with Gasteiger partial charge in [-0.15, -0.1) is 11.8 Å². The molecule has 1 fully saturated rings. The number of amides is 1. The third kappa shape index (κ3) is 4.11. The molecule has 1 saturated carbocycles. The highest BCUT2D eigenvalue weighted by Crippen LogP contribution is 2.33. The summed E-state index contributed by atoms with van der Waals surface area (Å²) in [5.41, 5.74) is 2.33. The number of rotatable bonds is 6. The van der Waals surface area contributed by atoms with Crippen LogP contribution in [0.15, 0.2) is 60.7 Å². The third-order valence-corrected chi connectivity index (χ3v) is 4.84. The number of nitrogens with one attached hydrogen (secondary N) is 1. The smallest absolute Gasteiger partial charge is 0.237 e. The zero-order valence-electron chi connectivity index (χ0n) is 11.9. The largest absolute Gasteiger partial charge is 0.352 e. The van der Waals surface area contributed by atoms with Crippen molar-refractivity contribution in [3.05, 3.63) is 71.8 Å². The second kappa shape index (κ2) is 6.81. The summed E-state index contributed by atoms with van der Waals surface area (Å²) in [5.74, 6) is 0.989. The fourth-order valence-electron chi connectivity index (χ4n) is 2.21. The fourth-order valence-corrected chi connectivity index (χ4v) is 3.33. The average molecular weight is 297 g/mol. The topological polar surface area (TPSA) is 29.1 Å². The van der Waals surface area contributed by atoms with Crippen LogP contribution in [-0.2, 0) is 10.5 Å². The van der Waals surface area contributed by atoms with Crippen LogP contribution < -0.4 is 5.32 Å². The van der Waals surface area contributed by atoms with Crippen LogP contribution in [0.25, 0.3) is 0 Å². The molecule has 3 rings (SSSR count). The van der Waals surface area contributed by atoms with Gasteiger partial charge in [0.05, 0.1) is 0 Å². The van der Waals surface area contributed by atoms with E-state index in [1.54, 1.807) is 11.8 Å². The van der Waals surface area contributed by atoms with Crippen molar-refractivity contribution in [2.75, 3.05) is 0 Å². The molecule has 3 heteroatoms. The Morgan fingerprint density at radius 3 is 2.29 bits per heavy atom. The van der Waals surface area contributed by atoms with Gasteiger partial charge in [0.2, 0.25) is 5.91 Å². The molecular weight excluding hydrogens is 278 g/mol. The molecule has 1 N–H and O–H groups in total. The predicted octanol–water partition coefficient (Wildman–Crippen LogP) is 3.94. The fraction of sp³-hybridized carbons (Fsp3) is 0.278. The second-order valence-electron chi connectivity index (χ2n) is 5.37. The highest BCUT2D eigenvalue weighted by molar-refractivity contribution is 7.99. The SMILES string of the molecule is O=C(NC1CC1)C(SCc1ccccc1)c1ccccc1. The summed E-state index contributed by atoms with van der Waals surface area (Å²) < 4.78 is 0. The molecule has 1 unspecified atom stereocenters. The lowest BCUT2D eigenvalue weighted by atomic mass is 10.1. The lowest BCUT2D eigenvalue weighted by Crippen LogP contribution is -2.29. The first kappa shape index (κ1) is 14.2. The second-order valence-corrected chi connectivity index (χ2v) is 6.46. The zero-order valence-corrected chi connectivity index (χ0v) is 12.7. The van der Waals surface area contributed by atoms with Crippen molar-refractivity contribution in [3.8, 4) is 0 Å². The molecule has 0 aliphatic heterocycles.